The number of aliphatic hydroxyl groups is 1. The molecule has 1 aromatic carbocycles. The van der Waals surface area contributed by atoms with Crippen molar-refractivity contribution in [2.24, 2.45) is 5.41 Å². The first-order valence-corrected chi connectivity index (χ1v) is 9.12. The predicted molar refractivity (Wildman–Crippen MR) is 101 cm³/mol. The number of aliphatic hydroxyl groups excluding tert-OH is 1. The molecule has 2 heterocycles. The van der Waals surface area contributed by atoms with Gasteiger partial charge in [-0.25, -0.2) is 0 Å². The van der Waals surface area contributed by atoms with E-state index in [0.29, 0.717) is 32.5 Å². The minimum Gasteiger partial charge on any atom is -0.394 e. The van der Waals surface area contributed by atoms with Gasteiger partial charge in [-0.05, 0) is 55.0 Å². The smallest absolute Gasteiger partial charge is 0.227 e. The maximum atomic E-state index is 13.0. The van der Waals surface area contributed by atoms with Crippen molar-refractivity contribution in [2.75, 3.05) is 19.8 Å². The van der Waals surface area contributed by atoms with E-state index in [9.17, 15) is 9.90 Å². The fraction of sp³-hybridized carbons (Fsp3) is 0.429. The highest BCUT2D eigenvalue weighted by atomic mass is 16.5. The molecule has 1 fully saturated rings. The highest BCUT2D eigenvalue weighted by molar-refractivity contribution is 5.83. The summed E-state index contributed by atoms with van der Waals surface area (Å²) in [6, 6.07) is 12.1. The van der Waals surface area contributed by atoms with E-state index in [1.807, 2.05) is 25.1 Å². The summed E-state index contributed by atoms with van der Waals surface area (Å²) in [6.07, 6.45) is 5.61. The number of nitrogens with one attached hydrogen (secondary N) is 1. The molecule has 1 atom stereocenters. The van der Waals surface area contributed by atoms with Crippen LogP contribution in [0, 0.1) is 5.41 Å². The first-order chi connectivity index (χ1) is 12.6. The maximum Gasteiger partial charge on any atom is 0.227 e. The molecular weight excluding hydrogens is 328 g/mol. The van der Waals surface area contributed by atoms with Gasteiger partial charge in [0.1, 0.15) is 0 Å². The second kappa shape index (κ2) is 8.43. The number of benzene rings is 1. The number of hydrogen-bond acceptors (Lipinski definition) is 4. The second-order valence-electron chi connectivity index (χ2n) is 7.06. The SMILES string of the molecule is C[C@H](CO)NC(=O)C1(Cc2cccc(-c3ccncc3)c2)CCOCC1. The highest BCUT2D eigenvalue weighted by Gasteiger charge is 2.40. The number of aromatic nitrogens is 1. The quantitative estimate of drug-likeness (QED) is 0.836. The molecule has 1 aromatic heterocycles. The zero-order valence-electron chi connectivity index (χ0n) is 15.1. The van der Waals surface area contributed by atoms with Gasteiger partial charge >= 0.3 is 0 Å². The van der Waals surface area contributed by atoms with Gasteiger partial charge in [0.05, 0.1) is 12.0 Å². The van der Waals surface area contributed by atoms with Crippen LogP contribution in [0.3, 0.4) is 0 Å². The summed E-state index contributed by atoms with van der Waals surface area (Å²) in [6.45, 7) is 2.93. The van der Waals surface area contributed by atoms with Crippen LogP contribution < -0.4 is 5.32 Å². The van der Waals surface area contributed by atoms with Crippen LogP contribution in [0.2, 0.25) is 0 Å². The molecule has 3 rings (SSSR count). The Bertz CT molecular complexity index is 727. The third-order valence-corrected chi connectivity index (χ3v) is 5.07. The van der Waals surface area contributed by atoms with Gasteiger partial charge in [-0.1, -0.05) is 24.3 Å². The van der Waals surface area contributed by atoms with Gasteiger partial charge in [0.15, 0.2) is 0 Å². The summed E-state index contributed by atoms with van der Waals surface area (Å²) in [7, 11) is 0. The molecule has 0 saturated carbocycles. The van der Waals surface area contributed by atoms with Crippen molar-refractivity contribution >= 4 is 5.91 Å². The van der Waals surface area contributed by atoms with Crippen molar-refractivity contribution < 1.29 is 14.6 Å². The van der Waals surface area contributed by atoms with Crippen molar-refractivity contribution in [2.45, 2.75) is 32.2 Å². The average Bonchev–Trinajstić information content (AvgIpc) is 2.69. The Labute approximate surface area is 154 Å². The molecule has 0 spiro atoms. The lowest BCUT2D eigenvalue weighted by molar-refractivity contribution is -0.137. The van der Waals surface area contributed by atoms with E-state index in [4.69, 9.17) is 4.74 Å². The number of rotatable bonds is 6. The Morgan fingerprint density at radius 1 is 1.23 bits per heavy atom. The lowest BCUT2D eigenvalue weighted by Gasteiger charge is -2.36. The van der Waals surface area contributed by atoms with Crippen molar-refractivity contribution in [1.82, 2.24) is 10.3 Å². The molecule has 0 bridgehead atoms. The van der Waals surface area contributed by atoms with Gasteiger partial charge in [-0.15, -0.1) is 0 Å². The van der Waals surface area contributed by atoms with Crippen molar-refractivity contribution in [3.05, 3.63) is 54.4 Å². The summed E-state index contributed by atoms with van der Waals surface area (Å²) in [5, 5.41) is 12.2. The molecule has 1 aliphatic heterocycles. The van der Waals surface area contributed by atoms with Gasteiger partial charge in [0.25, 0.3) is 0 Å². The van der Waals surface area contributed by atoms with Gasteiger partial charge < -0.3 is 15.2 Å². The van der Waals surface area contributed by atoms with Gasteiger partial charge in [-0.3, -0.25) is 9.78 Å². The number of carbonyl (C=O) groups is 1. The second-order valence-corrected chi connectivity index (χ2v) is 7.06. The molecule has 138 valence electrons. The largest absolute Gasteiger partial charge is 0.394 e. The summed E-state index contributed by atoms with van der Waals surface area (Å²) < 4.78 is 5.50. The lowest BCUT2D eigenvalue weighted by atomic mass is 9.74. The van der Waals surface area contributed by atoms with E-state index >= 15 is 0 Å². The Hall–Kier alpha value is -2.24. The summed E-state index contributed by atoms with van der Waals surface area (Å²) in [5.41, 5.74) is 2.88. The number of carbonyl (C=O) groups excluding carboxylic acids is 1. The Morgan fingerprint density at radius 2 is 1.96 bits per heavy atom. The van der Waals surface area contributed by atoms with E-state index in [1.165, 1.54) is 0 Å². The van der Waals surface area contributed by atoms with Crippen LogP contribution in [0.4, 0.5) is 0 Å². The Morgan fingerprint density at radius 3 is 2.65 bits per heavy atom. The summed E-state index contributed by atoms with van der Waals surface area (Å²) >= 11 is 0. The topological polar surface area (TPSA) is 71.5 Å². The molecule has 2 aromatic rings. The van der Waals surface area contributed by atoms with Crippen LogP contribution in [-0.2, 0) is 16.0 Å². The Kier molecular flexibility index (Phi) is 6.01. The lowest BCUT2D eigenvalue weighted by Crippen LogP contribution is -2.49. The number of pyridine rings is 1. The summed E-state index contributed by atoms with van der Waals surface area (Å²) in [5.74, 6) is 0.0108. The van der Waals surface area contributed by atoms with E-state index in [0.717, 1.165) is 16.7 Å². The molecule has 1 amide bonds. The van der Waals surface area contributed by atoms with Crippen LogP contribution >= 0.6 is 0 Å². The van der Waals surface area contributed by atoms with E-state index in [1.54, 1.807) is 12.4 Å². The van der Waals surface area contributed by atoms with Gasteiger partial charge in [0, 0.05) is 31.6 Å². The zero-order chi connectivity index (χ0) is 18.4. The number of amides is 1. The predicted octanol–water partition coefficient (Wildman–Crippen LogP) is 2.58. The summed E-state index contributed by atoms with van der Waals surface area (Å²) in [4.78, 5) is 17.0. The van der Waals surface area contributed by atoms with E-state index in [-0.39, 0.29) is 18.6 Å². The minimum absolute atomic E-state index is 0.0108. The maximum absolute atomic E-state index is 13.0. The fourth-order valence-electron chi connectivity index (χ4n) is 3.46. The van der Waals surface area contributed by atoms with Crippen molar-refractivity contribution in [3.8, 4) is 11.1 Å². The molecule has 5 nitrogen and oxygen atoms in total. The van der Waals surface area contributed by atoms with Gasteiger partial charge in [-0.2, -0.15) is 0 Å². The van der Waals surface area contributed by atoms with E-state index < -0.39 is 5.41 Å². The molecule has 26 heavy (non-hydrogen) atoms. The molecule has 0 aliphatic carbocycles. The van der Waals surface area contributed by atoms with Gasteiger partial charge in [0.2, 0.25) is 5.91 Å². The van der Waals surface area contributed by atoms with Crippen molar-refractivity contribution in [3.63, 3.8) is 0 Å². The number of ether oxygens (including phenoxy) is 1. The molecular formula is C21H26N2O3. The molecule has 2 N–H and O–H groups in total. The number of nitrogens with zero attached hydrogens (tertiary/aromatic N) is 1. The number of hydrogen-bond donors (Lipinski definition) is 2. The van der Waals surface area contributed by atoms with Crippen LogP contribution in [0.5, 0.6) is 0 Å². The van der Waals surface area contributed by atoms with Crippen molar-refractivity contribution in [1.29, 1.82) is 0 Å². The highest BCUT2D eigenvalue weighted by Crippen LogP contribution is 2.35. The minimum atomic E-state index is -0.488. The molecule has 0 unspecified atom stereocenters. The van der Waals surface area contributed by atoms with E-state index in [2.05, 4.69) is 28.5 Å². The van der Waals surface area contributed by atoms with Crippen LogP contribution in [0.25, 0.3) is 11.1 Å². The normalized spacial score (nSPS) is 17.5. The standard InChI is InChI=1S/C21H26N2O3/c1-16(15-24)23-20(25)21(7-11-26-12-8-21)14-17-3-2-4-19(13-17)18-5-9-22-10-6-18/h2-6,9-10,13,16,24H,7-8,11-12,14-15H2,1H3,(H,23,25)/t16-/m1/s1. The third-order valence-electron chi connectivity index (χ3n) is 5.07. The Balaban J connectivity index is 1.84. The van der Waals surface area contributed by atoms with Crippen LogP contribution in [-0.4, -0.2) is 41.9 Å². The monoisotopic (exact) mass is 354 g/mol. The first kappa shape index (κ1) is 18.5. The third kappa shape index (κ3) is 4.29. The average molecular weight is 354 g/mol. The van der Waals surface area contributed by atoms with Crippen LogP contribution in [0.1, 0.15) is 25.3 Å². The molecule has 1 aliphatic rings. The fourth-order valence-corrected chi connectivity index (χ4v) is 3.46. The molecule has 1 saturated heterocycles. The molecule has 5 heteroatoms. The molecule has 0 radical (unpaired) electrons. The first-order valence-electron chi connectivity index (χ1n) is 9.12. The zero-order valence-corrected chi connectivity index (χ0v) is 15.1. The van der Waals surface area contributed by atoms with Crippen LogP contribution in [0.15, 0.2) is 48.8 Å².